The molecule has 1 heterocycles. The lowest BCUT2D eigenvalue weighted by molar-refractivity contribution is -0.140. The van der Waals surface area contributed by atoms with E-state index < -0.39 is 34.3 Å². The number of hydrogen-bond donors (Lipinski definition) is 3. The van der Waals surface area contributed by atoms with Gasteiger partial charge in [-0.3, -0.25) is 14.9 Å². The Morgan fingerprint density at radius 3 is 2.50 bits per heavy atom. The number of carbonyl (C=O) groups is 2. The molecule has 0 aromatic heterocycles. The van der Waals surface area contributed by atoms with Gasteiger partial charge in [0.25, 0.3) is 5.91 Å². The van der Waals surface area contributed by atoms with E-state index in [1.54, 1.807) is 48.5 Å². The zero-order chi connectivity index (χ0) is 20.5. The number of benzene rings is 2. The number of aliphatic carboxylic acids is 1. The van der Waals surface area contributed by atoms with E-state index in [1.165, 1.54) is 0 Å². The van der Waals surface area contributed by atoms with Crippen LogP contribution in [0.25, 0.3) is 0 Å². The van der Waals surface area contributed by atoms with Crippen LogP contribution in [0.2, 0.25) is 10.0 Å². The molecule has 0 radical (unpaired) electrons. The van der Waals surface area contributed by atoms with E-state index in [9.17, 15) is 23.1 Å². The second kappa shape index (κ2) is 8.06. The lowest BCUT2D eigenvalue weighted by atomic mass is 10.1. The summed E-state index contributed by atoms with van der Waals surface area (Å²) in [7, 11) is -4.19. The van der Waals surface area contributed by atoms with Crippen LogP contribution in [-0.4, -0.2) is 35.9 Å². The first-order chi connectivity index (χ1) is 13.2. The van der Waals surface area contributed by atoms with Crippen molar-refractivity contribution < 1.29 is 23.1 Å². The van der Waals surface area contributed by atoms with Crippen LogP contribution in [0, 0.1) is 0 Å². The molecule has 1 aliphatic rings. The van der Waals surface area contributed by atoms with Crippen LogP contribution in [0.3, 0.4) is 0 Å². The van der Waals surface area contributed by atoms with Crippen molar-refractivity contribution in [3.63, 3.8) is 0 Å². The van der Waals surface area contributed by atoms with Gasteiger partial charge in [0.15, 0.2) is 6.17 Å². The third-order valence-corrected chi connectivity index (χ3v) is 6.41. The number of amides is 1. The average molecular weight is 444 g/mol. The highest BCUT2D eigenvalue weighted by molar-refractivity contribution is 7.88. The predicted octanol–water partition coefficient (Wildman–Crippen LogP) is 1.91. The number of halogens is 2. The van der Waals surface area contributed by atoms with E-state index in [0.29, 0.717) is 11.1 Å². The van der Waals surface area contributed by atoms with Gasteiger partial charge < -0.3 is 5.11 Å². The molecule has 28 heavy (non-hydrogen) atoms. The van der Waals surface area contributed by atoms with Crippen LogP contribution < -0.4 is 10.0 Å². The Labute approximate surface area is 171 Å². The molecule has 0 saturated carbocycles. The van der Waals surface area contributed by atoms with Crippen molar-refractivity contribution in [2.24, 2.45) is 0 Å². The van der Waals surface area contributed by atoms with Crippen molar-refractivity contribution in [3.8, 4) is 0 Å². The van der Waals surface area contributed by atoms with Crippen LogP contribution in [0.1, 0.15) is 17.2 Å². The minimum Gasteiger partial charge on any atom is -0.480 e. The fraction of sp³-hybridized carbons (Fsp3) is 0.176. The Hall–Kier alpha value is -2.17. The predicted molar refractivity (Wildman–Crippen MR) is 103 cm³/mol. The van der Waals surface area contributed by atoms with Crippen molar-refractivity contribution in [2.45, 2.75) is 18.8 Å². The lowest BCUT2D eigenvalue weighted by Crippen LogP contribution is -2.49. The molecule has 0 unspecified atom stereocenters. The normalized spacial score (nSPS) is 19.9. The third kappa shape index (κ3) is 4.13. The zero-order valence-electron chi connectivity index (χ0n) is 14.2. The second-order valence-corrected chi connectivity index (χ2v) is 8.39. The van der Waals surface area contributed by atoms with Crippen molar-refractivity contribution in [2.75, 3.05) is 0 Å². The monoisotopic (exact) mass is 443 g/mol. The molecule has 0 aliphatic carbocycles. The molecule has 3 rings (SSSR count). The average Bonchev–Trinajstić information content (AvgIpc) is 2.85. The summed E-state index contributed by atoms with van der Waals surface area (Å²) in [6.07, 6.45) is -1.44. The van der Waals surface area contributed by atoms with Crippen LogP contribution in [0.5, 0.6) is 0 Å². The third-order valence-electron chi connectivity index (χ3n) is 4.14. The Bertz CT molecular complexity index is 1020. The van der Waals surface area contributed by atoms with E-state index in [4.69, 9.17) is 23.2 Å². The number of carboxylic acids is 1. The van der Waals surface area contributed by atoms with Gasteiger partial charge in [0, 0.05) is 6.54 Å². The fourth-order valence-corrected chi connectivity index (χ4v) is 4.40. The maximum atomic E-state index is 12.4. The van der Waals surface area contributed by atoms with Crippen molar-refractivity contribution in [1.29, 1.82) is 0 Å². The lowest BCUT2D eigenvalue weighted by Gasteiger charge is -2.25. The Morgan fingerprint density at radius 2 is 1.86 bits per heavy atom. The van der Waals surface area contributed by atoms with Crippen LogP contribution in [0.4, 0.5) is 0 Å². The molecule has 0 spiro atoms. The van der Waals surface area contributed by atoms with E-state index in [1.807, 2.05) is 4.72 Å². The molecule has 1 amide bonds. The number of nitrogens with zero attached hydrogens (tertiary/aromatic N) is 1. The summed E-state index contributed by atoms with van der Waals surface area (Å²) < 4.78 is 27.5. The first-order valence-electron chi connectivity index (χ1n) is 8.01. The maximum Gasteiger partial charge on any atom is 0.325 e. The van der Waals surface area contributed by atoms with Crippen LogP contribution >= 0.6 is 23.2 Å². The number of carbonyl (C=O) groups excluding carboxylic acids is 1. The quantitative estimate of drug-likeness (QED) is 0.627. The second-order valence-electron chi connectivity index (χ2n) is 5.98. The molecule has 0 bridgehead atoms. The molecule has 1 aliphatic heterocycles. The highest BCUT2D eigenvalue weighted by Gasteiger charge is 2.45. The maximum absolute atomic E-state index is 12.4. The summed E-state index contributed by atoms with van der Waals surface area (Å²) in [5.41, 5.74) is 0.737. The minimum absolute atomic E-state index is 0.148. The van der Waals surface area contributed by atoms with Gasteiger partial charge in [-0.15, -0.1) is 0 Å². The highest BCUT2D eigenvalue weighted by atomic mass is 35.5. The van der Waals surface area contributed by atoms with Crippen molar-refractivity contribution in [1.82, 2.24) is 14.3 Å². The first kappa shape index (κ1) is 20.6. The summed E-state index contributed by atoms with van der Waals surface area (Å²) in [6, 6.07) is 11.5. The van der Waals surface area contributed by atoms with Gasteiger partial charge in [0.05, 0.1) is 10.0 Å². The Balaban J connectivity index is 1.94. The number of carboxylic acid groups (broad SMARTS) is 1. The van der Waals surface area contributed by atoms with Crippen LogP contribution in [-0.2, 0) is 26.3 Å². The van der Waals surface area contributed by atoms with Gasteiger partial charge in [-0.05, 0) is 17.2 Å². The van der Waals surface area contributed by atoms with Gasteiger partial charge in [-0.25, -0.2) is 4.72 Å². The van der Waals surface area contributed by atoms with E-state index in [-0.39, 0.29) is 16.6 Å². The SMILES string of the molecule is O=C(O)[C@@H](N[C@H]1C(=O)NS(=O)(=O)N1Cc1cccc(Cl)c1Cl)c1ccccc1. The smallest absolute Gasteiger partial charge is 0.325 e. The molecule has 2 aromatic carbocycles. The molecule has 2 aromatic rings. The summed E-state index contributed by atoms with van der Waals surface area (Å²) in [5, 5.41) is 12.5. The molecule has 1 fully saturated rings. The Morgan fingerprint density at radius 1 is 1.18 bits per heavy atom. The summed E-state index contributed by atoms with van der Waals surface area (Å²) >= 11 is 12.1. The molecule has 1 saturated heterocycles. The molecule has 3 N–H and O–H groups in total. The van der Waals surface area contributed by atoms with Gasteiger partial charge in [0.2, 0.25) is 0 Å². The highest BCUT2D eigenvalue weighted by Crippen LogP contribution is 2.29. The largest absolute Gasteiger partial charge is 0.480 e. The van der Waals surface area contributed by atoms with E-state index in [0.717, 1.165) is 4.31 Å². The fourth-order valence-electron chi connectivity index (χ4n) is 2.80. The topological polar surface area (TPSA) is 116 Å². The molecular formula is C17H15Cl2N3O5S. The van der Waals surface area contributed by atoms with Crippen molar-refractivity contribution in [3.05, 3.63) is 69.7 Å². The summed E-state index contributed by atoms with van der Waals surface area (Å²) in [6.45, 7) is -0.279. The van der Waals surface area contributed by atoms with E-state index >= 15 is 0 Å². The Kier molecular flexibility index (Phi) is 5.92. The first-order valence-corrected chi connectivity index (χ1v) is 10.2. The summed E-state index contributed by atoms with van der Waals surface area (Å²) in [4.78, 5) is 24.0. The standard InChI is InChI=1S/C17H15Cl2N3O5S/c18-12-8-4-7-11(13(12)19)9-22-15(16(23)21-28(22,26)27)20-14(17(24)25)10-5-2-1-3-6-10/h1-8,14-15,20H,9H2,(H,21,23)(H,24,25)/t14-,15+/m0/s1. The van der Waals surface area contributed by atoms with Gasteiger partial charge in [0.1, 0.15) is 6.04 Å². The molecule has 11 heteroatoms. The molecule has 8 nitrogen and oxygen atoms in total. The molecular weight excluding hydrogens is 429 g/mol. The van der Waals surface area contributed by atoms with Gasteiger partial charge >= 0.3 is 16.2 Å². The zero-order valence-corrected chi connectivity index (χ0v) is 16.5. The summed E-state index contributed by atoms with van der Waals surface area (Å²) in [5.74, 6) is -2.15. The minimum atomic E-state index is -4.19. The number of rotatable bonds is 6. The van der Waals surface area contributed by atoms with E-state index in [2.05, 4.69) is 5.32 Å². The molecule has 2 atom stereocenters. The van der Waals surface area contributed by atoms with Crippen LogP contribution in [0.15, 0.2) is 48.5 Å². The van der Waals surface area contributed by atoms with Gasteiger partial charge in [-0.1, -0.05) is 65.7 Å². The number of nitrogens with one attached hydrogen (secondary N) is 2. The number of hydrogen-bond acceptors (Lipinski definition) is 5. The van der Waals surface area contributed by atoms with Crippen molar-refractivity contribution >= 4 is 45.3 Å². The molecule has 148 valence electrons. The van der Waals surface area contributed by atoms with Gasteiger partial charge in [-0.2, -0.15) is 12.7 Å².